The zero-order valence-corrected chi connectivity index (χ0v) is 7.01. The summed E-state index contributed by atoms with van der Waals surface area (Å²) in [4.78, 5) is 6.86. The normalized spacial score (nSPS) is 12.7. The van der Waals surface area contributed by atoms with E-state index in [0.717, 1.165) is 5.56 Å². The van der Waals surface area contributed by atoms with Gasteiger partial charge in [0.15, 0.2) is 0 Å². The summed E-state index contributed by atoms with van der Waals surface area (Å²) in [5, 5.41) is 9.79. The van der Waals surface area contributed by atoms with Crippen LogP contribution >= 0.6 is 0 Å². The Morgan fingerprint density at radius 3 is 2.62 bits per heavy atom. The van der Waals surface area contributed by atoms with Crippen LogP contribution in [0.3, 0.4) is 0 Å². The van der Waals surface area contributed by atoms with Crippen LogP contribution in [0.25, 0.3) is 0 Å². The maximum Gasteiger partial charge on any atom is 0.139 e. The summed E-state index contributed by atoms with van der Waals surface area (Å²) >= 11 is 0. The molecule has 0 aliphatic rings. The lowest BCUT2D eigenvalue weighted by molar-refractivity contribution is 0.211. The van der Waals surface area contributed by atoms with Crippen molar-refractivity contribution in [3.05, 3.63) is 54.1 Å². The predicted molar refractivity (Wildman–Crippen MR) is 49.1 cm³/mol. The van der Waals surface area contributed by atoms with E-state index in [2.05, 4.69) is 9.97 Å². The van der Waals surface area contributed by atoms with E-state index in [9.17, 15) is 5.11 Å². The maximum absolute atomic E-state index is 9.79. The summed E-state index contributed by atoms with van der Waals surface area (Å²) in [6.07, 6.45) is 2.67. The molecule has 66 valence electrons. The number of rotatable bonds is 2. The molecule has 1 heterocycles. The molecule has 0 saturated carbocycles. The number of imidazole rings is 1. The van der Waals surface area contributed by atoms with Gasteiger partial charge < -0.3 is 10.1 Å². The van der Waals surface area contributed by atoms with Crippen molar-refractivity contribution < 1.29 is 5.11 Å². The number of nitrogens with one attached hydrogen (secondary N) is 1. The van der Waals surface area contributed by atoms with Crippen LogP contribution in [0.5, 0.6) is 0 Å². The lowest BCUT2D eigenvalue weighted by Gasteiger charge is -2.06. The largest absolute Gasteiger partial charge is 0.380 e. The van der Waals surface area contributed by atoms with Gasteiger partial charge in [-0.3, -0.25) is 0 Å². The molecule has 0 saturated heterocycles. The average molecular weight is 174 g/mol. The van der Waals surface area contributed by atoms with Crippen molar-refractivity contribution in [1.82, 2.24) is 9.97 Å². The second-order valence-corrected chi connectivity index (χ2v) is 2.79. The molecule has 0 radical (unpaired) electrons. The van der Waals surface area contributed by atoms with Crippen LogP contribution in [0.1, 0.15) is 17.5 Å². The average Bonchev–Trinajstić information content (AvgIpc) is 2.71. The minimum atomic E-state index is -0.656. The lowest BCUT2D eigenvalue weighted by atomic mass is 10.1. The van der Waals surface area contributed by atoms with Gasteiger partial charge in [-0.2, -0.15) is 0 Å². The van der Waals surface area contributed by atoms with Crippen LogP contribution in [0, 0.1) is 0 Å². The van der Waals surface area contributed by atoms with Gasteiger partial charge >= 0.3 is 0 Å². The molecule has 2 N–H and O–H groups in total. The van der Waals surface area contributed by atoms with E-state index in [0.29, 0.717) is 5.82 Å². The van der Waals surface area contributed by atoms with Crippen molar-refractivity contribution in [2.75, 3.05) is 0 Å². The van der Waals surface area contributed by atoms with Gasteiger partial charge in [0.25, 0.3) is 0 Å². The molecular weight excluding hydrogens is 164 g/mol. The first-order valence-electron chi connectivity index (χ1n) is 4.10. The van der Waals surface area contributed by atoms with Gasteiger partial charge in [0.2, 0.25) is 0 Å². The Morgan fingerprint density at radius 2 is 2.00 bits per heavy atom. The Balaban J connectivity index is 2.29. The highest BCUT2D eigenvalue weighted by Gasteiger charge is 2.10. The van der Waals surface area contributed by atoms with Crippen molar-refractivity contribution in [3.63, 3.8) is 0 Å². The molecule has 0 spiro atoms. The van der Waals surface area contributed by atoms with Crippen molar-refractivity contribution >= 4 is 0 Å². The second-order valence-electron chi connectivity index (χ2n) is 2.79. The maximum atomic E-state index is 9.79. The lowest BCUT2D eigenvalue weighted by Crippen LogP contribution is -2.00. The Morgan fingerprint density at radius 1 is 1.23 bits per heavy atom. The van der Waals surface area contributed by atoms with E-state index >= 15 is 0 Å². The Bertz CT molecular complexity index is 356. The molecule has 13 heavy (non-hydrogen) atoms. The third kappa shape index (κ3) is 1.60. The SMILES string of the molecule is O[C@H](c1ccccc1)c1ncc[nH]1. The van der Waals surface area contributed by atoms with Crippen LogP contribution in [0.4, 0.5) is 0 Å². The summed E-state index contributed by atoms with van der Waals surface area (Å²) in [5.74, 6) is 0.575. The van der Waals surface area contributed by atoms with Crippen LogP contribution in [-0.4, -0.2) is 15.1 Å². The summed E-state index contributed by atoms with van der Waals surface area (Å²) < 4.78 is 0. The summed E-state index contributed by atoms with van der Waals surface area (Å²) in [6, 6.07) is 9.43. The molecule has 1 aromatic carbocycles. The van der Waals surface area contributed by atoms with Crippen molar-refractivity contribution in [3.8, 4) is 0 Å². The summed E-state index contributed by atoms with van der Waals surface area (Å²) in [5.41, 5.74) is 0.845. The Hall–Kier alpha value is -1.61. The Kier molecular flexibility index (Phi) is 2.10. The van der Waals surface area contributed by atoms with Gasteiger partial charge in [-0.15, -0.1) is 0 Å². The molecule has 0 fully saturated rings. The standard InChI is InChI=1S/C10H10N2O/c13-9(10-11-6-7-12-10)8-4-2-1-3-5-8/h1-7,9,13H,(H,11,12)/t9-/m1/s1. The van der Waals surface area contributed by atoms with Crippen LogP contribution in [-0.2, 0) is 0 Å². The molecule has 0 bridgehead atoms. The highest BCUT2D eigenvalue weighted by molar-refractivity contribution is 5.22. The van der Waals surface area contributed by atoms with E-state index in [-0.39, 0.29) is 0 Å². The monoisotopic (exact) mass is 174 g/mol. The van der Waals surface area contributed by atoms with E-state index in [1.807, 2.05) is 30.3 Å². The fraction of sp³-hybridized carbons (Fsp3) is 0.100. The Labute approximate surface area is 76.1 Å². The van der Waals surface area contributed by atoms with Crippen molar-refractivity contribution in [2.45, 2.75) is 6.10 Å². The van der Waals surface area contributed by atoms with E-state index in [4.69, 9.17) is 0 Å². The van der Waals surface area contributed by atoms with Crippen LogP contribution < -0.4 is 0 Å². The first kappa shape index (κ1) is 8.01. The smallest absolute Gasteiger partial charge is 0.139 e. The van der Waals surface area contributed by atoms with Gasteiger partial charge in [-0.1, -0.05) is 30.3 Å². The third-order valence-corrected chi connectivity index (χ3v) is 1.89. The third-order valence-electron chi connectivity index (χ3n) is 1.89. The number of benzene rings is 1. The number of aromatic nitrogens is 2. The minimum absolute atomic E-state index is 0.575. The number of hydrogen-bond donors (Lipinski definition) is 2. The van der Waals surface area contributed by atoms with E-state index in [1.165, 1.54) is 0 Å². The van der Waals surface area contributed by atoms with Crippen LogP contribution in [0.2, 0.25) is 0 Å². The number of aliphatic hydroxyl groups is 1. The quantitative estimate of drug-likeness (QED) is 0.724. The molecule has 2 aromatic rings. The number of aromatic amines is 1. The van der Waals surface area contributed by atoms with Crippen LogP contribution in [0.15, 0.2) is 42.7 Å². The summed E-state index contributed by atoms with van der Waals surface area (Å²) in [6.45, 7) is 0. The zero-order chi connectivity index (χ0) is 9.10. The van der Waals surface area contributed by atoms with Gasteiger partial charge in [0.1, 0.15) is 11.9 Å². The molecule has 0 amide bonds. The topological polar surface area (TPSA) is 48.9 Å². The predicted octanol–water partition coefficient (Wildman–Crippen LogP) is 1.49. The molecule has 0 unspecified atom stereocenters. The van der Waals surface area contributed by atoms with Gasteiger partial charge in [0.05, 0.1) is 0 Å². The number of nitrogens with zero attached hydrogens (tertiary/aromatic N) is 1. The zero-order valence-electron chi connectivity index (χ0n) is 7.01. The first-order chi connectivity index (χ1) is 6.38. The molecule has 1 aromatic heterocycles. The first-order valence-corrected chi connectivity index (χ1v) is 4.10. The van der Waals surface area contributed by atoms with E-state index in [1.54, 1.807) is 12.4 Å². The molecule has 3 nitrogen and oxygen atoms in total. The molecule has 3 heteroatoms. The van der Waals surface area contributed by atoms with Gasteiger partial charge in [0, 0.05) is 12.4 Å². The fourth-order valence-corrected chi connectivity index (χ4v) is 1.22. The van der Waals surface area contributed by atoms with Crippen molar-refractivity contribution in [1.29, 1.82) is 0 Å². The summed E-state index contributed by atoms with van der Waals surface area (Å²) in [7, 11) is 0. The minimum Gasteiger partial charge on any atom is -0.380 e. The number of H-pyrrole nitrogens is 1. The highest BCUT2D eigenvalue weighted by atomic mass is 16.3. The molecular formula is C10H10N2O. The highest BCUT2D eigenvalue weighted by Crippen LogP contribution is 2.17. The molecule has 2 rings (SSSR count). The van der Waals surface area contributed by atoms with Gasteiger partial charge in [-0.25, -0.2) is 4.98 Å². The van der Waals surface area contributed by atoms with E-state index < -0.39 is 6.10 Å². The molecule has 0 aliphatic heterocycles. The molecule has 0 aliphatic carbocycles. The molecule has 1 atom stereocenters. The number of aliphatic hydroxyl groups excluding tert-OH is 1. The van der Waals surface area contributed by atoms with Gasteiger partial charge in [-0.05, 0) is 5.56 Å². The number of hydrogen-bond acceptors (Lipinski definition) is 2. The van der Waals surface area contributed by atoms with Crippen molar-refractivity contribution in [2.24, 2.45) is 0 Å². The second kappa shape index (κ2) is 3.41. The fourth-order valence-electron chi connectivity index (χ4n) is 1.22.